The lowest BCUT2D eigenvalue weighted by Gasteiger charge is -2.18. The second kappa shape index (κ2) is 56.8. The number of rotatable bonds is 64. The lowest BCUT2D eigenvalue weighted by molar-refractivity contribution is 0.0685. The van der Waals surface area contributed by atoms with Gasteiger partial charge >= 0.3 is 5.97 Å². The molecule has 466 valence electrons. The quantitative estimate of drug-likeness (QED) is 0.0337. The molecule has 1 rings (SSSR count). The fraction of sp³-hybridized carbons (Fsp3) is 0.863. The summed E-state index contributed by atoms with van der Waals surface area (Å²) in [5, 5.41) is 33.5. The van der Waals surface area contributed by atoms with Gasteiger partial charge in [0.15, 0.2) is 28.8 Å². The number of carbonyl (C=O) groups is 4. The molecule has 0 saturated heterocycles. The molecule has 0 unspecified atom stereocenters. The van der Waals surface area contributed by atoms with Crippen molar-refractivity contribution in [1.82, 2.24) is 0 Å². The molecule has 0 aliphatic carbocycles. The van der Waals surface area contributed by atoms with Crippen molar-refractivity contribution < 1.29 is 34.5 Å². The molecule has 3 N–H and O–H groups in total. The van der Waals surface area contributed by atoms with Crippen LogP contribution in [0, 0.1) is 0 Å². The summed E-state index contributed by atoms with van der Waals surface area (Å²) in [5.41, 5.74) is -1.98. The molecule has 7 nitrogen and oxygen atoms in total. The van der Waals surface area contributed by atoms with Gasteiger partial charge < -0.3 is 15.3 Å². The maximum atomic E-state index is 14.2. The number of hydrogen-bond donors (Lipinski definition) is 3. The highest BCUT2D eigenvalue weighted by atomic mass is 16.4. The van der Waals surface area contributed by atoms with Gasteiger partial charge in [0.1, 0.15) is 0 Å². The van der Waals surface area contributed by atoms with Crippen LogP contribution >= 0.6 is 0 Å². The van der Waals surface area contributed by atoms with E-state index in [2.05, 4.69) is 20.8 Å². The standard InChI is InChI=1S/C73H132O7/c1-4-7-10-13-16-19-22-25-28-31-34-37-40-43-46-49-52-55-58-61-64(74)67-68(65(75)62-59-56-53-50-47-44-41-38-35-32-29-26-23-20-17-14-11-8-5-2)71(77)72(78)69(70(67)73(79)80)66(76)63-60-57-54-51-48-45-42-39-36-33-30-27-24-21-18-15-12-9-6-3/h77-78H,4-63H2,1-3H3,(H,79,80). The number of phenols is 2. The molecular formula is C73H132O7. The van der Waals surface area contributed by atoms with Crippen LogP contribution < -0.4 is 0 Å². The van der Waals surface area contributed by atoms with Gasteiger partial charge in [-0.25, -0.2) is 4.79 Å². The molecule has 0 amide bonds. The van der Waals surface area contributed by atoms with Gasteiger partial charge in [-0.2, -0.15) is 0 Å². The maximum absolute atomic E-state index is 14.2. The molecule has 0 aliphatic heterocycles. The van der Waals surface area contributed by atoms with Crippen LogP contribution in [0.4, 0.5) is 0 Å². The molecule has 0 atom stereocenters. The number of unbranched alkanes of at least 4 members (excludes halogenated alkanes) is 54. The van der Waals surface area contributed by atoms with Gasteiger partial charge in [-0.1, -0.05) is 367 Å². The number of Topliss-reactive ketones (excluding diaryl/α,β-unsaturated/α-hetero) is 3. The zero-order chi connectivity index (χ0) is 58.2. The van der Waals surface area contributed by atoms with Gasteiger partial charge in [0.2, 0.25) is 0 Å². The molecule has 7 heteroatoms. The molecule has 0 saturated carbocycles. The minimum Gasteiger partial charge on any atom is -0.504 e. The van der Waals surface area contributed by atoms with E-state index in [4.69, 9.17) is 0 Å². The number of carbonyl (C=O) groups excluding carboxylic acids is 3. The third-order valence-corrected chi connectivity index (χ3v) is 17.5. The van der Waals surface area contributed by atoms with Crippen molar-refractivity contribution in [2.24, 2.45) is 0 Å². The first-order valence-corrected chi connectivity index (χ1v) is 35.7. The molecule has 0 spiro atoms. The number of carboxylic acids is 1. The van der Waals surface area contributed by atoms with Crippen molar-refractivity contribution in [2.75, 3.05) is 0 Å². The summed E-state index contributed by atoms with van der Waals surface area (Å²) in [7, 11) is 0. The van der Waals surface area contributed by atoms with Gasteiger partial charge in [-0.05, 0) is 19.3 Å². The van der Waals surface area contributed by atoms with Gasteiger partial charge in [0, 0.05) is 24.8 Å². The first-order valence-electron chi connectivity index (χ1n) is 35.7. The predicted molar refractivity (Wildman–Crippen MR) is 344 cm³/mol. The van der Waals surface area contributed by atoms with E-state index in [1.807, 2.05) is 0 Å². The van der Waals surface area contributed by atoms with E-state index in [-0.39, 0.29) is 19.3 Å². The SMILES string of the molecule is CCCCCCCCCCCCCCCCCCCCCC(=O)c1c(O)c(O)c(C(=O)CCCCCCCCCCCCCCCCCCCCC)c(C(=O)CCCCCCCCCCCCCCCCCCCCC)c1C(=O)O. The Labute approximate surface area is 495 Å². The Bertz CT molecular complexity index is 1620. The van der Waals surface area contributed by atoms with Gasteiger partial charge in [0.05, 0.1) is 16.7 Å². The number of aromatic hydroxyl groups is 2. The minimum absolute atomic E-state index is 0.00821. The van der Waals surface area contributed by atoms with Crippen molar-refractivity contribution in [3.05, 3.63) is 22.3 Å². The van der Waals surface area contributed by atoms with Crippen LogP contribution in [0.5, 0.6) is 11.5 Å². The Morgan fingerprint density at radius 3 is 0.512 bits per heavy atom. The van der Waals surface area contributed by atoms with Gasteiger partial charge in [-0.3, -0.25) is 14.4 Å². The maximum Gasteiger partial charge on any atom is 0.337 e. The summed E-state index contributed by atoms with van der Waals surface area (Å²) in [5.74, 6) is -4.98. The first-order chi connectivity index (χ1) is 39.2. The van der Waals surface area contributed by atoms with Gasteiger partial charge in [-0.15, -0.1) is 0 Å². The van der Waals surface area contributed by atoms with Crippen LogP contribution in [-0.2, 0) is 0 Å². The number of benzene rings is 1. The van der Waals surface area contributed by atoms with E-state index in [1.54, 1.807) is 0 Å². The normalized spacial score (nSPS) is 11.5. The summed E-state index contributed by atoms with van der Waals surface area (Å²) >= 11 is 0. The van der Waals surface area contributed by atoms with Crippen LogP contribution in [0.1, 0.15) is 447 Å². The first kappa shape index (κ1) is 75.3. The third kappa shape index (κ3) is 41.3. The number of ketones is 3. The minimum atomic E-state index is -1.54. The second-order valence-electron chi connectivity index (χ2n) is 25.1. The van der Waals surface area contributed by atoms with Crippen molar-refractivity contribution in [1.29, 1.82) is 0 Å². The van der Waals surface area contributed by atoms with Crippen molar-refractivity contribution in [3.63, 3.8) is 0 Å². The molecule has 0 heterocycles. The van der Waals surface area contributed by atoms with Crippen molar-refractivity contribution >= 4 is 23.3 Å². The van der Waals surface area contributed by atoms with Crippen LogP contribution in [0.2, 0.25) is 0 Å². The highest BCUT2D eigenvalue weighted by molar-refractivity contribution is 6.21. The Balaban J connectivity index is 2.68. The summed E-state index contributed by atoms with van der Waals surface area (Å²) in [6, 6.07) is 0. The lowest BCUT2D eigenvalue weighted by Crippen LogP contribution is -2.20. The number of phenolic OH excluding ortho intramolecular Hbond substituents is 2. The van der Waals surface area contributed by atoms with E-state index < -0.39 is 57.1 Å². The van der Waals surface area contributed by atoms with Crippen LogP contribution in [0.3, 0.4) is 0 Å². The fourth-order valence-electron chi connectivity index (χ4n) is 12.2. The smallest absolute Gasteiger partial charge is 0.337 e. The van der Waals surface area contributed by atoms with Crippen LogP contribution in [0.25, 0.3) is 0 Å². The Kier molecular flexibility index (Phi) is 53.4. The summed E-state index contributed by atoms with van der Waals surface area (Å²) < 4.78 is 0. The Morgan fingerprint density at radius 2 is 0.350 bits per heavy atom. The average molecular weight is 1120 g/mol. The molecule has 0 fully saturated rings. The third-order valence-electron chi connectivity index (χ3n) is 17.5. The highest BCUT2D eigenvalue weighted by Crippen LogP contribution is 2.41. The molecule has 0 radical (unpaired) electrons. The van der Waals surface area contributed by atoms with E-state index in [0.717, 1.165) is 77.0 Å². The molecule has 1 aromatic carbocycles. The van der Waals surface area contributed by atoms with E-state index in [1.165, 1.54) is 270 Å². The summed E-state index contributed by atoms with van der Waals surface area (Å²) in [6.07, 6.45) is 70.1. The van der Waals surface area contributed by atoms with Gasteiger partial charge in [0.25, 0.3) is 0 Å². The molecular weight excluding hydrogens is 989 g/mol. The number of carboxylic acid groups (broad SMARTS) is 1. The second-order valence-corrected chi connectivity index (χ2v) is 25.1. The summed E-state index contributed by atoms with van der Waals surface area (Å²) in [6.45, 7) is 6.82. The molecule has 0 aromatic heterocycles. The average Bonchev–Trinajstić information content (AvgIpc) is 3.46. The van der Waals surface area contributed by atoms with Crippen LogP contribution in [-0.4, -0.2) is 38.6 Å². The predicted octanol–water partition coefficient (Wildman–Crippen LogP) is 24.8. The molecule has 0 aliphatic rings. The van der Waals surface area contributed by atoms with E-state index in [0.29, 0.717) is 19.3 Å². The fourth-order valence-corrected chi connectivity index (χ4v) is 12.2. The number of aromatic carboxylic acids is 1. The van der Waals surface area contributed by atoms with E-state index in [9.17, 15) is 34.5 Å². The monoisotopic (exact) mass is 1120 g/mol. The Morgan fingerprint density at radius 1 is 0.212 bits per heavy atom. The molecule has 0 bridgehead atoms. The van der Waals surface area contributed by atoms with E-state index >= 15 is 0 Å². The largest absolute Gasteiger partial charge is 0.504 e. The summed E-state index contributed by atoms with van der Waals surface area (Å²) in [4.78, 5) is 55.2. The zero-order valence-corrected chi connectivity index (χ0v) is 53.4. The molecule has 80 heavy (non-hydrogen) atoms. The van der Waals surface area contributed by atoms with Crippen molar-refractivity contribution in [2.45, 2.75) is 406 Å². The number of hydrogen-bond acceptors (Lipinski definition) is 6. The zero-order valence-electron chi connectivity index (χ0n) is 53.4. The molecule has 1 aromatic rings. The highest BCUT2D eigenvalue weighted by Gasteiger charge is 2.35. The topological polar surface area (TPSA) is 129 Å². The van der Waals surface area contributed by atoms with Crippen molar-refractivity contribution in [3.8, 4) is 11.5 Å². The lowest BCUT2D eigenvalue weighted by atomic mass is 9.84. The Hall–Kier alpha value is -2.70. The van der Waals surface area contributed by atoms with Crippen LogP contribution in [0.15, 0.2) is 0 Å².